The molecule has 0 amide bonds. The molecular formula is C14H19N3. The molecule has 17 heavy (non-hydrogen) atoms. The molecule has 0 atom stereocenters. The Balaban J connectivity index is 2.49. The number of hydrogen-bond acceptors (Lipinski definition) is 2. The van der Waals surface area contributed by atoms with Gasteiger partial charge in [0.2, 0.25) is 0 Å². The highest BCUT2D eigenvalue weighted by atomic mass is 15.3. The lowest BCUT2D eigenvalue weighted by atomic mass is 9.99. The number of hydrogen-bond donors (Lipinski definition) is 1. The summed E-state index contributed by atoms with van der Waals surface area (Å²) in [5, 5.41) is 4.39. The Kier molecular flexibility index (Phi) is 3.29. The minimum absolute atomic E-state index is 0.620. The van der Waals surface area contributed by atoms with Crippen LogP contribution in [0.15, 0.2) is 24.4 Å². The zero-order valence-electron chi connectivity index (χ0n) is 10.7. The maximum absolute atomic E-state index is 5.57. The van der Waals surface area contributed by atoms with Crippen LogP contribution in [0.2, 0.25) is 0 Å². The van der Waals surface area contributed by atoms with Gasteiger partial charge in [-0.3, -0.25) is 4.68 Å². The third-order valence-electron chi connectivity index (χ3n) is 3.13. The van der Waals surface area contributed by atoms with Crippen LogP contribution in [0.3, 0.4) is 0 Å². The van der Waals surface area contributed by atoms with E-state index in [-0.39, 0.29) is 0 Å². The minimum Gasteiger partial charge on any atom is -0.329 e. The van der Waals surface area contributed by atoms with E-state index in [0.717, 1.165) is 6.54 Å². The SMILES string of the molecule is Cc1ccc(C)c(-c2cnn(CCN)c2C)c1. The fourth-order valence-corrected chi connectivity index (χ4v) is 2.08. The standard InChI is InChI=1S/C14H19N3/c1-10-4-5-11(2)13(8-10)14-9-16-17(7-6-15)12(14)3/h4-5,8-9H,6-7,15H2,1-3H3. The van der Waals surface area contributed by atoms with Gasteiger partial charge in [-0.2, -0.15) is 5.10 Å². The Morgan fingerprint density at radius 2 is 1.94 bits per heavy atom. The number of nitrogens with zero attached hydrogens (tertiary/aromatic N) is 2. The molecule has 0 spiro atoms. The average Bonchev–Trinajstić information content (AvgIpc) is 2.65. The predicted octanol–water partition coefficient (Wildman–Crippen LogP) is 2.43. The third-order valence-corrected chi connectivity index (χ3v) is 3.13. The molecule has 0 radical (unpaired) electrons. The van der Waals surface area contributed by atoms with Crippen molar-refractivity contribution in [3.05, 3.63) is 41.2 Å². The first-order valence-corrected chi connectivity index (χ1v) is 5.93. The Bertz CT molecular complexity index is 526. The van der Waals surface area contributed by atoms with Crippen molar-refractivity contribution in [3.8, 4) is 11.1 Å². The summed E-state index contributed by atoms with van der Waals surface area (Å²) in [4.78, 5) is 0. The lowest BCUT2D eigenvalue weighted by Gasteiger charge is -2.07. The molecule has 1 heterocycles. The maximum Gasteiger partial charge on any atom is 0.0571 e. The van der Waals surface area contributed by atoms with Gasteiger partial charge in [-0.1, -0.05) is 23.8 Å². The fourth-order valence-electron chi connectivity index (χ4n) is 2.08. The Hall–Kier alpha value is -1.61. The zero-order chi connectivity index (χ0) is 12.4. The van der Waals surface area contributed by atoms with Crippen molar-refractivity contribution in [2.24, 2.45) is 5.73 Å². The predicted molar refractivity (Wildman–Crippen MR) is 70.9 cm³/mol. The number of aryl methyl sites for hydroxylation is 2. The van der Waals surface area contributed by atoms with Gasteiger partial charge in [-0.15, -0.1) is 0 Å². The van der Waals surface area contributed by atoms with Gasteiger partial charge in [-0.25, -0.2) is 0 Å². The second-order valence-electron chi connectivity index (χ2n) is 4.47. The number of benzene rings is 1. The molecule has 0 fully saturated rings. The summed E-state index contributed by atoms with van der Waals surface area (Å²) in [7, 11) is 0. The van der Waals surface area contributed by atoms with E-state index in [1.807, 2.05) is 10.9 Å². The first kappa shape index (κ1) is 11.9. The fraction of sp³-hybridized carbons (Fsp3) is 0.357. The molecule has 0 saturated heterocycles. The van der Waals surface area contributed by atoms with Crippen LogP contribution in [-0.2, 0) is 6.54 Å². The van der Waals surface area contributed by atoms with E-state index < -0.39 is 0 Å². The molecule has 2 rings (SSSR count). The summed E-state index contributed by atoms with van der Waals surface area (Å²) in [6, 6.07) is 6.51. The van der Waals surface area contributed by atoms with Crippen molar-refractivity contribution in [1.29, 1.82) is 0 Å². The molecular weight excluding hydrogens is 210 g/mol. The van der Waals surface area contributed by atoms with Crippen LogP contribution in [0.5, 0.6) is 0 Å². The second kappa shape index (κ2) is 4.72. The summed E-state index contributed by atoms with van der Waals surface area (Å²) in [5.74, 6) is 0. The molecule has 1 aromatic heterocycles. The van der Waals surface area contributed by atoms with Crippen LogP contribution in [0.25, 0.3) is 11.1 Å². The van der Waals surface area contributed by atoms with E-state index in [0.29, 0.717) is 6.54 Å². The van der Waals surface area contributed by atoms with Gasteiger partial charge in [0.05, 0.1) is 12.7 Å². The molecule has 2 N–H and O–H groups in total. The molecule has 0 saturated carbocycles. The van der Waals surface area contributed by atoms with Crippen LogP contribution in [0, 0.1) is 20.8 Å². The molecule has 0 unspecified atom stereocenters. The molecule has 0 aliphatic rings. The molecule has 90 valence electrons. The lowest BCUT2D eigenvalue weighted by molar-refractivity contribution is 0.608. The molecule has 0 aliphatic carbocycles. The highest BCUT2D eigenvalue weighted by molar-refractivity contribution is 5.69. The first-order chi connectivity index (χ1) is 8.13. The van der Waals surface area contributed by atoms with Gasteiger partial charge in [0.25, 0.3) is 0 Å². The highest BCUT2D eigenvalue weighted by Crippen LogP contribution is 2.27. The van der Waals surface area contributed by atoms with Crippen molar-refractivity contribution >= 4 is 0 Å². The van der Waals surface area contributed by atoms with Crippen molar-refractivity contribution in [2.45, 2.75) is 27.3 Å². The summed E-state index contributed by atoms with van der Waals surface area (Å²) in [5.41, 5.74) is 11.8. The summed E-state index contributed by atoms with van der Waals surface area (Å²) in [6.07, 6.45) is 1.94. The summed E-state index contributed by atoms with van der Waals surface area (Å²) >= 11 is 0. The third kappa shape index (κ3) is 2.24. The van der Waals surface area contributed by atoms with Crippen LogP contribution < -0.4 is 5.73 Å². The van der Waals surface area contributed by atoms with Gasteiger partial charge in [-0.05, 0) is 31.9 Å². The van der Waals surface area contributed by atoms with E-state index in [1.165, 1.54) is 27.9 Å². The van der Waals surface area contributed by atoms with Crippen LogP contribution >= 0.6 is 0 Å². The molecule has 0 bridgehead atoms. The largest absolute Gasteiger partial charge is 0.329 e. The van der Waals surface area contributed by atoms with Crippen molar-refractivity contribution in [3.63, 3.8) is 0 Å². The van der Waals surface area contributed by atoms with E-state index in [1.54, 1.807) is 0 Å². The average molecular weight is 229 g/mol. The number of nitrogens with two attached hydrogens (primary N) is 1. The van der Waals surface area contributed by atoms with Gasteiger partial charge < -0.3 is 5.73 Å². The van der Waals surface area contributed by atoms with Gasteiger partial charge >= 0.3 is 0 Å². The zero-order valence-corrected chi connectivity index (χ0v) is 10.7. The monoisotopic (exact) mass is 229 g/mol. The molecule has 0 aliphatic heterocycles. The molecule has 3 nitrogen and oxygen atoms in total. The normalized spacial score (nSPS) is 10.8. The van der Waals surface area contributed by atoms with E-state index >= 15 is 0 Å². The van der Waals surface area contributed by atoms with Crippen LogP contribution in [0.1, 0.15) is 16.8 Å². The van der Waals surface area contributed by atoms with E-state index in [4.69, 9.17) is 5.73 Å². The molecule has 2 aromatic rings. The van der Waals surface area contributed by atoms with Crippen LogP contribution in [-0.4, -0.2) is 16.3 Å². The van der Waals surface area contributed by atoms with Gasteiger partial charge in [0.15, 0.2) is 0 Å². The van der Waals surface area contributed by atoms with Gasteiger partial charge in [0, 0.05) is 17.8 Å². The molecule has 1 aromatic carbocycles. The number of aromatic nitrogens is 2. The minimum atomic E-state index is 0.620. The first-order valence-electron chi connectivity index (χ1n) is 5.93. The van der Waals surface area contributed by atoms with E-state index in [9.17, 15) is 0 Å². The number of rotatable bonds is 3. The Morgan fingerprint density at radius 3 is 2.65 bits per heavy atom. The summed E-state index contributed by atoms with van der Waals surface area (Å²) < 4.78 is 1.97. The lowest BCUT2D eigenvalue weighted by Crippen LogP contribution is -2.12. The van der Waals surface area contributed by atoms with Crippen molar-refractivity contribution in [2.75, 3.05) is 6.54 Å². The quantitative estimate of drug-likeness (QED) is 0.878. The highest BCUT2D eigenvalue weighted by Gasteiger charge is 2.10. The smallest absolute Gasteiger partial charge is 0.0571 e. The second-order valence-corrected chi connectivity index (χ2v) is 4.47. The maximum atomic E-state index is 5.57. The Morgan fingerprint density at radius 1 is 1.18 bits per heavy atom. The van der Waals surface area contributed by atoms with Gasteiger partial charge in [0.1, 0.15) is 0 Å². The van der Waals surface area contributed by atoms with Crippen molar-refractivity contribution < 1.29 is 0 Å². The Labute approximate surface area is 102 Å². The topological polar surface area (TPSA) is 43.8 Å². The van der Waals surface area contributed by atoms with E-state index in [2.05, 4.69) is 44.1 Å². The molecule has 3 heteroatoms. The van der Waals surface area contributed by atoms with Crippen molar-refractivity contribution in [1.82, 2.24) is 9.78 Å². The van der Waals surface area contributed by atoms with Crippen LogP contribution in [0.4, 0.5) is 0 Å². The summed E-state index contributed by atoms with van der Waals surface area (Å²) in [6.45, 7) is 7.74.